The highest BCUT2D eigenvalue weighted by atomic mass is 32.2. The Hall–Kier alpha value is -2.12. The molecule has 1 aromatic heterocycles. The Labute approximate surface area is 167 Å². The lowest BCUT2D eigenvalue weighted by atomic mass is 10.1. The Morgan fingerprint density at radius 3 is 2.67 bits per heavy atom. The van der Waals surface area contributed by atoms with Crippen molar-refractivity contribution in [3.8, 4) is 10.4 Å². The molecule has 0 unspecified atom stereocenters. The summed E-state index contributed by atoms with van der Waals surface area (Å²) in [6.45, 7) is 2.12. The lowest BCUT2D eigenvalue weighted by Crippen LogP contribution is -2.04. The number of allylic oxidation sites excluding steroid dienone is 1. The fourth-order valence-electron chi connectivity index (χ4n) is 2.47. The van der Waals surface area contributed by atoms with Crippen molar-refractivity contribution < 1.29 is 13.9 Å². The second-order valence-electron chi connectivity index (χ2n) is 5.76. The summed E-state index contributed by atoms with van der Waals surface area (Å²) in [5.41, 5.74) is 7.22. The maximum atomic E-state index is 13.1. The standard InChI is InChI=1S/C20H23FN2O2S2/c1-2-25-19(24)13-15(5-3-4-12-26-20(22)23)18-11-10-17(27-18)14-6-8-16(21)9-7-14/h6-11,13H,2-5,12H2,1H3,(H3,22,23). The van der Waals surface area contributed by atoms with E-state index in [1.54, 1.807) is 36.5 Å². The van der Waals surface area contributed by atoms with Crippen molar-refractivity contribution in [2.45, 2.75) is 26.2 Å². The Kier molecular flexibility index (Phi) is 8.54. The van der Waals surface area contributed by atoms with Crippen LogP contribution in [-0.4, -0.2) is 23.5 Å². The van der Waals surface area contributed by atoms with Gasteiger partial charge in [0.1, 0.15) is 5.82 Å². The third-order valence-corrected chi connectivity index (χ3v) is 5.74. The SMILES string of the molecule is CCOC(=O)C=C(CCCCSC(=N)N)c1ccc(-c2ccc(F)cc2)s1. The summed E-state index contributed by atoms with van der Waals surface area (Å²) in [4.78, 5) is 14.0. The molecular formula is C20H23FN2O2S2. The molecule has 1 heterocycles. The van der Waals surface area contributed by atoms with Crippen LogP contribution in [0, 0.1) is 11.2 Å². The minimum Gasteiger partial charge on any atom is -0.463 e. The summed E-state index contributed by atoms with van der Waals surface area (Å²) in [6, 6.07) is 10.3. The van der Waals surface area contributed by atoms with Crippen LogP contribution >= 0.6 is 23.1 Å². The minimum absolute atomic E-state index is 0.125. The molecular weight excluding hydrogens is 383 g/mol. The van der Waals surface area contributed by atoms with E-state index in [-0.39, 0.29) is 17.0 Å². The molecule has 0 amide bonds. The van der Waals surface area contributed by atoms with Crippen LogP contribution in [0.25, 0.3) is 16.0 Å². The average molecular weight is 407 g/mol. The summed E-state index contributed by atoms with van der Waals surface area (Å²) >= 11 is 2.90. The number of unbranched alkanes of at least 4 members (excludes halogenated alkanes) is 1. The number of benzene rings is 1. The van der Waals surface area contributed by atoms with Crippen LogP contribution in [0.1, 0.15) is 31.1 Å². The Morgan fingerprint density at radius 2 is 2.00 bits per heavy atom. The molecule has 27 heavy (non-hydrogen) atoms. The largest absolute Gasteiger partial charge is 0.463 e. The number of amidine groups is 1. The van der Waals surface area contributed by atoms with Crippen LogP contribution in [0.5, 0.6) is 0 Å². The van der Waals surface area contributed by atoms with Crippen LogP contribution in [0.15, 0.2) is 42.5 Å². The number of carbonyl (C=O) groups excluding carboxylic acids is 1. The number of ether oxygens (including phenoxy) is 1. The van der Waals surface area contributed by atoms with Gasteiger partial charge in [-0.2, -0.15) is 0 Å². The predicted octanol–water partition coefficient (Wildman–Crippen LogP) is 5.30. The fourth-order valence-corrected chi connectivity index (χ4v) is 4.10. The molecule has 144 valence electrons. The summed E-state index contributed by atoms with van der Waals surface area (Å²) in [6.07, 6.45) is 4.08. The molecule has 0 radical (unpaired) electrons. The number of thiophene rings is 1. The van der Waals surface area contributed by atoms with Crippen molar-refractivity contribution in [3.05, 3.63) is 53.2 Å². The third-order valence-electron chi connectivity index (χ3n) is 3.73. The van der Waals surface area contributed by atoms with Gasteiger partial charge in [-0.05, 0) is 61.6 Å². The molecule has 0 saturated carbocycles. The zero-order valence-electron chi connectivity index (χ0n) is 15.2. The normalized spacial score (nSPS) is 11.4. The van der Waals surface area contributed by atoms with Gasteiger partial charge < -0.3 is 10.5 Å². The second-order valence-corrected chi connectivity index (χ2v) is 7.98. The number of hydrogen-bond donors (Lipinski definition) is 2. The van der Waals surface area contributed by atoms with E-state index in [1.165, 1.54) is 23.9 Å². The lowest BCUT2D eigenvalue weighted by molar-refractivity contribution is -0.137. The molecule has 0 aliphatic rings. The smallest absolute Gasteiger partial charge is 0.331 e. The number of rotatable bonds is 9. The number of nitrogens with two attached hydrogens (primary N) is 1. The molecule has 0 spiro atoms. The summed E-state index contributed by atoms with van der Waals surface area (Å²) in [5.74, 6) is 0.178. The van der Waals surface area contributed by atoms with Gasteiger partial charge in [-0.25, -0.2) is 9.18 Å². The first kappa shape index (κ1) is 21.2. The zero-order valence-corrected chi connectivity index (χ0v) is 16.8. The van der Waals surface area contributed by atoms with E-state index in [0.717, 1.165) is 45.9 Å². The molecule has 0 aliphatic carbocycles. The number of nitrogens with one attached hydrogen (secondary N) is 1. The van der Waals surface area contributed by atoms with Crippen molar-refractivity contribution in [2.75, 3.05) is 12.4 Å². The van der Waals surface area contributed by atoms with Crippen molar-refractivity contribution in [2.24, 2.45) is 5.73 Å². The van der Waals surface area contributed by atoms with Crippen LogP contribution in [0.2, 0.25) is 0 Å². The van der Waals surface area contributed by atoms with Crippen molar-refractivity contribution in [3.63, 3.8) is 0 Å². The maximum absolute atomic E-state index is 13.1. The summed E-state index contributed by atoms with van der Waals surface area (Å²) in [5, 5.41) is 7.36. The molecule has 2 aromatic rings. The first-order valence-electron chi connectivity index (χ1n) is 8.70. The highest BCUT2D eigenvalue weighted by molar-refractivity contribution is 8.13. The molecule has 3 N–H and O–H groups in total. The van der Waals surface area contributed by atoms with E-state index in [9.17, 15) is 9.18 Å². The van der Waals surface area contributed by atoms with Gasteiger partial charge in [0.25, 0.3) is 0 Å². The quantitative estimate of drug-likeness (QED) is 0.195. The van der Waals surface area contributed by atoms with E-state index in [4.69, 9.17) is 15.9 Å². The molecule has 0 aliphatic heterocycles. The highest BCUT2D eigenvalue weighted by Crippen LogP contribution is 2.34. The Morgan fingerprint density at radius 1 is 1.26 bits per heavy atom. The molecule has 0 saturated heterocycles. The first-order valence-corrected chi connectivity index (χ1v) is 10.5. The van der Waals surface area contributed by atoms with Gasteiger partial charge in [0, 0.05) is 21.6 Å². The van der Waals surface area contributed by atoms with Crippen LogP contribution in [0.4, 0.5) is 4.39 Å². The van der Waals surface area contributed by atoms with E-state index in [0.29, 0.717) is 6.61 Å². The minimum atomic E-state index is -0.345. The number of carbonyl (C=O) groups is 1. The van der Waals surface area contributed by atoms with Gasteiger partial charge in [-0.1, -0.05) is 23.9 Å². The van der Waals surface area contributed by atoms with E-state index in [1.807, 2.05) is 12.1 Å². The summed E-state index contributed by atoms with van der Waals surface area (Å²) in [7, 11) is 0. The molecule has 1 aromatic carbocycles. The van der Waals surface area contributed by atoms with Gasteiger partial charge in [-0.15, -0.1) is 11.3 Å². The van der Waals surface area contributed by atoms with E-state index in [2.05, 4.69) is 0 Å². The van der Waals surface area contributed by atoms with Gasteiger partial charge in [0.05, 0.1) is 6.61 Å². The van der Waals surface area contributed by atoms with Crippen molar-refractivity contribution in [1.82, 2.24) is 0 Å². The van der Waals surface area contributed by atoms with E-state index >= 15 is 0 Å². The zero-order chi connectivity index (χ0) is 19.6. The van der Waals surface area contributed by atoms with Gasteiger partial charge in [0.15, 0.2) is 5.17 Å². The molecule has 2 rings (SSSR count). The monoisotopic (exact) mass is 406 g/mol. The third kappa shape index (κ3) is 7.19. The van der Waals surface area contributed by atoms with Crippen LogP contribution in [-0.2, 0) is 9.53 Å². The van der Waals surface area contributed by atoms with Crippen molar-refractivity contribution >= 4 is 39.8 Å². The number of thioether (sulfide) groups is 1. The fraction of sp³-hybridized carbons (Fsp3) is 0.300. The first-order chi connectivity index (χ1) is 13.0. The molecule has 4 nitrogen and oxygen atoms in total. The van der Waals surface area contributed by atoms with Gasteiger partial charge >= 0.3 is 5.97 Å². The van der Waals surface area contributed by atoms with Crippen LogP contribution in [0.3, 0.4) is 0 Å². The lowest BCUT2D eigenvalue weighted by Gasteiger charge is -2.06. The molecule has 0 fully saturated rings. The molecule has 0 atom stereocenters. The topological polar surface area (TPSA) is 76.2 Å². The highest BCUT2D eigenvalue weighted by Gasteiger charge is 2.10. The van der Waals surface area contributed by atoms with Gasteiger partial charge in [-0.3, -0.25) is 5.41 Å². The van der Waals surface area contributed by atoms with Crippen LogP contribution < -0.4 is 5.73 Å². The molecule has 7 heteroatoms. The molecule has 0 bridgehead atoms. The maximum Gasteiger partial charge on any atom is 0.331 e. The second kappa shape index (κ2) is 10.9. The Bertz CT molecular complexity index is 801. The number of esters is 1. The van der Waals surface area contributed by atoms with E-state index < -0.39 is 0 Å². The predicted molar refractivity (Wildman–Crippen MR) is 113 cm³/mol. The Balaban J connectivity index is 2.11. The van der Waals surface area contributed by atoms with Gasteiger partial charge in [0.2, 0.25) is 0 Å². The summed E-state index contributed by atoms with van der Waals surface area (Å²) < 4.78 is 18.2. The number of halogens is 1. The van der Waals surface area contributed by atoms with Crippen molar-refractivity contribution in [1.29, 1.82) is 5.41 Å². The average Bonchev–Trinajstić information content (AvgIpc) is 3.11. The number of hydrogen-bond acceptors (Lipinski definition) is 5.